The molecule has 7 nitrogen and oxygen atoms in total. The van der Waals surface area contributed by atoms with Crippen LogP contribution in [0.1, 0.15) is 22.1 Å². The van der Waals surface area contributed by atoms with Crippen LogP contribution in [0.5, 0.6) is 0 Å². The number of nitrogens with zero attached hydrogens (tertiary/aromatic N) is 2. The predicted molar refractivity (Wildman–Crippen MR) is 70.3 cm³/mol. The molecule has 7 heteroatoms. The molecular formula is C12H15N5O2. The average molecular weight is 261 g/mol. The number of nitrogen functional groups attached to an aromatic ring is 2. The summed E-state index contributed by atoms with van der Waals surface area (Å²) in [5.74, 6) is 0.824. The molecule has 2 aromatic rings. The fourth-order valence-corrected chi connectivity index (χ4v) is 1.63. The fourth-order valence-electron chi connectivity index (χ4n) is 1.63. The summed E-state index contributed by atoms with van der Waals surface area (Å²) in [6, 6.07) is 4.74. The molecule has 0 aliphatic rings. The molecule has 2 rings (SSSR count). The van der Waals surface area contributed by atoms with Crippen LogP contribution in [0.4, 0.5) is 11.4 Å². The van der Waals surface area contributed by atoms with Gasteiger partial charge in [-0.25, -0.2) is 0 Å². The van der Waals surface area contributed by atoms with Gasteiger partial charge in [0, 0.05) is 29.9 Å². The van der Waals surface area contributed by atoms with E-state index < -0.39 is 0 Å². The molecule has 1 aromatic carbocycles. The first-order valence-corrected chi connectivity index (χ1v) is 5.78. The van der Waals surface area contributed by atoms with Gasteiger partial charge < -0.3 is 21.3 Å². The van der Waals surface area contributed by atoms with Crippen molar-refractivity contribution in [2.45, 2.75) is 13.3 Å². The van der Waals surface area contributed by atoms with Crippen molar-refractivity contribution >= 4 is 17.3 Å². The standard InChI is InChI=1S/C12H15N5O2/c1-7-16-11(19-17-7)2-3-15-12(18)8-4-9(13)6-10(14)5-8/h4-6H,2-3,13-14H2,1H3,(H,15,18). The van der Waals surface area contributed by atoms with Gasteiger partial charge >= 0.3 is 0 Å². The molecule has 0 radical (unpaired) electrons. The highest BCUT2D eigenvalue weighted by molar-refractivity contribution is 5.96. The Bertz CT molecular complexity index is 573. The lowest BCUT2D eigenvalue weighted by molar-refractivity contribution is 0.0953. The van der Waals surface area contributed by atoms with Gasteiger partial charge in [0.25, 0.3) is 5.91 Å². The maximum absolute atomic E-state index is 11.9. The van der Waals surface area contributed by atoms with Crippen LogP contribution in [-0.2, 0) is 6.42 Å². The van der Waals surface area contributed by atoms with E-state index in [0.717, 1.165) is 0 Å². The smallest absolute Gasteiger partial charge is 0.251 e. The molecule has 0 fully saturated rings. The van der Waals surface area contributed by atoms with Crippen LogP contribution in [0, 0.1) is 6.92 Å². The van der Waals surface area contributed by atoms with Crippen molar-refractivity contribution in [3.05, 3.63) is 35.5 Å². The summed E-state index contributed by atoms with van der Waals surface area (Å²) >= 11 is 0. The molecule has 19 heavy (non-hydrogen) atoms. The number of rotatable bonds is 4. The molecule has 0 aliphatic carbocycles. The number of amides is 1. The Kier molecular flexibility index (Phi) is 3.65. The molecule has 0 aliphatic heterocycles. The largest absolute Gasteiger partial charge is 0.399 e. The molecule has 100 valence electrons. The number of anilines is 2. The second-order valence-electron chi connectivity index (χ2n) is 4.13. The van der Waals surface area contributed by atoms with Crippen LogP contribution in [0.25, 0.3) is 0 Å². The Morgan fingerprint density at radius 1 is 1.32 bits per heavy atom. The second-order valence-corrected chi connectivity index (χ2v) is 4.13. The molecule has 5 N–H and O–H groups in total. The normalized spacial score (nSPS) is 10.4. The third kappa shape index (κ3) is 3.44. The molecule has 0 unspecified atom stereocenters. The van der Waals surface area contributed by atoms with E-state index in [1.54, 1.807) is 25.1 Å². The van der Waals surface area contributed by atoms with E-state index in [1.807, 2.05) is 0 Å². The van der Waals surface area contributed by atoms with Crippen molar-refractivity contribution in [2.75, 3.05) is 18.0 Å². The number of carbonyl (C=O) groups excluding carboxylic acids is 1. The van der Waals surface area contributed by atoms with Crippen LogP contribution in [-0.4, -0.2) is 22.6 Å². The van der Waals surface area contributed by atoms with Crippen LogP contribution in [0.2, 0.25) is 0 Å². The molecule has 1 amide bonds. The fraction of sp³-hybridized carbons (Fsp3) is 0.250. The average Bonchev–Trinajstić information content (AvgIpc) is 2.73. The lowest BCUT2D eigenvalue weighted by atomic mass is 10.1. The van der Waals surface area contributed by atoms with Crippen LogP contribution in [0.15, 0.2) is 22.7 Å². The first-order chi connectivity index (χ1) is 9.04. The van der Waals surface area contributed by atoms with E-state index in [1.165, 1.54) is 0 Å². The zero-order valence-corrected chi connectivity index (χ0v) is 10.5. The van der Waals surface area contributed by atoms with Gasteiger partial charge in [-0.05, 0) is 25.1 Å². The third-order valence-corrected chi connectivity index (χ3v) is 2.43. The van der Waals surface area contributed by atoms with Crippen molar-refractivity contribution in [1.82, 2.24) is 15.5 Å². The van der Waals surface area contributed by atoms with Gasteiger partial charge in [0.2, 0.25) is 5.89 Å². The SMILES string of the molecule is Cc1noc(CCNC(=O)c2cc(N)cc(N)c2)n1. The summed E-state index contributed by atoms with van der Waals surface area (Å²) in [6.07, 6.45) is 0.477. The molecular weight excluding hydrogens is 246 g/mol. The third-order valence-electron chi connectivity index (χ3n) is 2.43. The Hall–Kier alpha value is -2.57. The van der Waals surface area contributed by atoms with Crippen molar-refractivity contribution in [1.29, 1.82) is 0 Å². The van der Waals surface area contributed by atoms with Crippen LogP contribution >= 0.6 is 0 Å². The van der Waals surface area contributed by atoms with Gasteiger partial charge in [0.05, 0.1) is 0 Å². The summed E-state index contributed by atoms with van der Waals surface area (Å²) in [6.45, 7) is 2.14. The Morgan fingerprint density at radius 2 is 2.00 bits per heavy atom. The topological polar surface area (TPSA) is 120 Å². The maximum atomic E-state index is 11.9. The number of benzene rings is 1. The van der Waals surface area contributed by atoms with E-state index >= 15 is 0 Å². The van der Waals surface area contributed by atoms with E-state index in [2.05, 4.69) is 15.5 Å². The van der Waals surface area contributed by atoms with E-state index in [-0.39, 0.29) is 5.91 Å². The van der Waals surface area contributed by atoms with E-state index in [9.17, 15) is 4.79 Å². The highest BCUT2D eigenvalue weighted by atomic mass is 16.5. The minimum absolute atomic E-state index is 0.241. The Labute approximate surface area is 110 Å². The van der Waals surface area contributed by atoms with Gasteiger partial charge in [-0.15, -0.1) is 0 Å². The summed E-state index contributed by atoms with van der Waals surface area (Å²) in [5.41, 5.74) is 12.6. The summed E-state index contributed by atoms with van der Waals surface area (Å²) in [4.78, 5) is 15.9. The molecule has 0 saturated heterocycles. The Morgan fingerprint density at radius 3 is 2.58 bits per heavy atom. The number of aryl methyl sites for hydroxylation is 1. The Balaban J connectivity index is 1.90. The lowest BCUT2D eigenvalue weighted by Crippen LogP contribution is -2.26. The zero-order valence-electron chi connectivity index (χ0n) is 10.5. The molecule has 1 aromatic heterocycles. The lowest BCUT2D eigenvalue weighted by Gasteiger charge is -2.05. The van der Waals surface area contributed by atoms with Gasteiger partial charge in [-0.2, -0.15) is 4.98 Å². The highest BCUT2D eigenvalue weighted by Gasteiger charge is 2.08. The minimum Gasteiger partial charge on any atom is -0.399 e. The number of aromatic nitrogens is 2. The van der Waals surface area contributed by atoms with Crippen molar-refractivity contribution in [3.8, 4) is 0 Å². The molecule has 1 heterocycles. The first-order valence-electron chi connectivity index (χ1n) is 5.78. The van der Waals surface area contributed by atoms with E-state index in [4.69, 9.17) is 16.0 Å². The number of carbonyl (C=O) groups is 1. The van der Waals surface area contributed by atoms with Gasteiger partial charge in [-0.3, -0.25) is 4.79 Å². The van der Waals surface area contributed by atoms with Gasteiger partial charge in [-0.1, -0.05) is 5.16 Å². The second kappa shape index (κ2) is 5.38. The molecule has 0 atom stereocenters. The highest BCUT2D eigenvalue weighted by Crippen LogP contribution is 2.13. The zero-order chi connectivity index (χ0) is 13.8. The number of hydrogen-bond donors (Lipinski definition) is 3. The van der Waals surface area contributed by atoms with Crippen molar-refractivity contribution in [2.24, 2.45) is 0 Å². The molecule has 0 bridgehead atoms. The number of nitrogens with one attached hydrogen (secondary N) is 1. The van der Waals surface area contributed by atoms with Crippen LogP contribution in [0.3, 0.4) is 0 Å². The van der Waals surface area contributed by atoms with Gasteiger partial charge in [0.15, 0.2) is 5.82 Å². The molecule has 0 saturated carbocycles. The van der Waals surface area contributed by atoms with Crippen molar-refractivity contribution in [3.63, 3.8) is 0 Å². The maximum Gasteiger partial charge on any atom is 0.251 e. The minimum atomic E-state index is -0.241. The van der Waals surface area contributed by atoms with E-state index in [0.29, 0.717) is 41.6 Å². The summed E-state index contributed by atoms with van der Waals surface area (Å²) in [7, 11) is 0. The first kappa shape index (κ1) is 12.9. The number of nitrogens with two attached hydrogens (primary N) is 2. The van der Waals surface area contributed by atoms with Crippen LogP contribution < -0.4 is 16.8 Å². The van der Waals surface area contributed by atoms with Gasteiger partial charge in [0.1, 0.15) is 0 Å². The molecule has 0 spiro atoms. The van der Waals surface area contributed by atoms with Crippen molar-refractivity contribution < 1.29 is 9.32 Å². The quantitative estimate of drug-likeness (QED) is 0.690. The monoisotopic (exact) mass is 261 g/mol. The summed E-state index contributed by atoms with van der Waals surface area (Å²) in [5, 5.41) is 6.40. The predicted octanol–water partition coefficient (Wildman–Crippen LogP) is 0.515. The number of hydrogen-bond acceptors (Lipinski definition) is 6. The summed E-state index contributed by atoms with van der Waals surface area (Å²) < 4.78 is 4.94.